The topological polar surface area (TPSA) is 76.0 Å². The first-order chi connectivity index (χ1) is 12.5. The Morgan fingerprint density at radius 2 is 1.96 bits per heavy atom. The Balaban J connectivity index is 1.74. The number of benzene rings is 1. The number of hydrogen-bond donors (Lipinski definition) is 2. The molecule has 0 saturated heterocycles. The lowest BCUT2D eigenvalue weighted by molar-refractivity contribution is -0.121. The largest absolute Gasteiger partial charge is 0.354 e. The summed E-state index contributed by atoms with van der Waals surface area (Å²) in [5, 5.41) is 5.95. The second kappa shape index (κ2) is 8.34. The minimum atomic E-state index is -0.258. The van der Waals surface area contributed by atoms with E-state index in [0.717, 1.165) is 17.6 Å². The molecule has 0 aliphatic heterocycles. The number of hydrogen-bond acceptors (Lipinski definition) is 3. The molecule has 0 radical (unpaired) electrons. The van der Waals surface area contributed by atoms with Gasteiger partial charge in [0.05, 0.1) is 17.1 Å². The molecule has 1 aromatic carbocycles. The van der Waals surface area contributed by atoms with E-state index in [1.807, 2.05) is 35.8 Å². The van der Waals surface area contributed by atoms with E-state index in [1.54, 1.807) is 0 Å². The highest BCUT2D eigenvalue weighted by atomic mass is 16.2. The van der Waals surface area contributed by atoms with E-state index in [1.165, 1.54) is 39.0 Å². The summed E-state index contributed by atoms with van der Waals surface area (Å²) in [6, 6.07) is 7.49. The number of nitrogens with zero attached hydrogens (tertiary/aromatic N) is 2. The van der Waals surface area contributed by atoms with Crippen molar-refractivity contribution in [2.24, 2.45) is 5.92 Å². The van der Waals surface area contributed by atoms with Crippen molar-refractivity contribution in [1.82, 2.24) is 20.2 Å². The molecule has 1 fully saturated rings. The molecule has 1 heterocycles. The van der Waals surface area contributed by atoms with Crippen molar-refractivity contribution in [3.8, 4) is 0 Å². The van der Waals surface area contributed by atoms with E-state index in [-0.39, 0.29) is 24.4 Å². The highest BCUT2D eigenvalue weighted by Gasteiger charge is 2.20. The van der Waals surface area contributed by atoms with Crippen molar-refractivity contribution in [2.45, 2.75) is 58.5 Å². The fourth-order valence-electron chi connectivity index (χ4n) is 3.81. The normalized spacial score (nSPS) is 16.4. The van der Waals surface area contributed by atoms with Crippen LogP contribution in [0.5, 0.6) is 0 Å². The van der Waals surface area contributed by atoms with Crippen LogP contribution in [0.3, 0.4) is 0 Å². The molecule has 1 saturated carbocycles. The number of carbonyl (C=O) groups is 2. The van der Waals surface area contributed by atoms with Crippen LogP contribution in [0, 0.1) is 5.92 Å². The molecule has 140 valence electrons. The molecule has 0 bridgehead atoms. The number of aromatic nitrogens is 2. The summed E-state index contributed by atoms with van der Waals surface area (Å²) in [5.74, 6) is 1.19. The van der Waals surface area contributed by atoms with Gasteiger partial charge in [-0.3, -0.25) is 9.59 Å². The minimum absolute atomic E-state index is 0.00463. The van der Waals surface area contributed by atoms with Crippen LogP contribution in [0.4, 0.5) is 0 Å². The van der Waals surface area contributed by atoms with Gasteiger partial charge in [0.15, 0.2) is 0 Å². The molecular formula is C20H28N4O2. The zero-order valence-corrected chi connectivity index (χ0v) is 15.6. The number of carbonyl (C=O) groups excluding carboxylic acids is 2. The highest BCUT2D eigenvalue weighted by molar-refractivity contribution is 5.81. The summed E-state index contributed by atoms with van der Waals surface area (Å²) in [7, 11) is 0. The molecule has 6 nitrogen and oxygen atoms in total. The summed E-state index contributed by atoms with van der Waals surface area (Å²) in [4.78, 5) is 28.6. The summed E-state index contributed by atoms with van der Waals surface area (Å²) < 4.78 is 1.91. The number of imidazole rings is 1. The van der Waals surface area contributed by atoms with E-state index in [9.17, 15) is 9.59 Å². The van der Waals surface area contributed by atoms with Crippen LogP contribution < -0.4 is 10.6 Å². The maximum atomic E-state index is 12.5. The van der Waals surface area contributed by atoms with Crippen LogP contribution in [-0.2, 0) is 16.1 Å². The molecule has 1 atom stereocenters. The van der Waals surface area contributed by atoms with E-state index >= 15 is 0 Å². The molecule has 1 aromatic heterocycles. The quantitative estimate of drug-likeness (QED) is 0.835. The first-order valence-electron chi connectivity index (χ1n) is 9.53. The van der Waals surface area contributed by atoms with Gasteiger partial charge in [-0.25, -0.2) is 4.98 Å². The maximum Gasteiger partial charge on any atom is 0.240 e. The van der Waals surface area contributed by atoms with Gasteiger partial charge in [0.25, 0.3) is 0 Å². The average molecular weight is 356 g/mol. The SMILES string of the molecule is CC(=O)NC(C)c1nc2ccccc2n1CC(=O)NCC1CCCCC1. The number of fused-ring (bicyclic) bond motifs is 1. The van der Waals surface area contributed by atoms with E-state index < -0.39 is 0 Å². The Hall–Kier alpha value is -2.37. The van der Waals surface area contributed by atoms with Crippen LogP contribution in [0.15, 0.2) is 24.3 Å². The van der Waals surface area contributed by atoms with Crippen LogP contribution in [0.1, 0.15) is 57.8 Å². The monoisotopic (exact) mass is 356 g/mol. The Morgan fingerprint density at radius 1 is 1.23 bits per heavy atom. The van der Waals surface area contributed by atoms with Gasteiger partial charge in [-0.15, -0.1) is 0 Å². The third-order valence-electron chi connectivity index (χ3n) is 5.11. The highest BCUT2D eigenvalue weighted by Crippen LogP contribution is 2.23. The second-order valence-corrected chi connectivity index (χ2v) is 7.28. The van der Waals surface area contributed by atoms with Gasteiger partial charge < -0.3 is 15.2 Å². The molecule has 3 rings (SSSR count). The van der Waals surface area contributed by atoms with Crippen LogP contribution in [0.2, 0.25) is 0 Å². The van der Waals surface area contributed by atoms with Gasteiger partial charge >= 0.3 is 0 Å². The Morgan fingerprint density at radius 3 is 2.69 bits per heavy atom. The van der Waals surface area contributed by atoms with Crippen molar-refractivity contribution >= 4 is 22.8 Å². The van der Waals surface area contributed by atoms with E-state index in [0.29, 0.717) is 11.7 Å². The first kappa shape index (κ1) is 18.4. The molecule has 2 aromatic rings. The van der Waals surface area contributed by atoms with E-state index in [4.69, 9.17) is 0 Å². The lowest BCUT2D eigenvalue weighted by Gasteiger charge is -2.22. The van der Waals surface area contributed by atoms with Gasteiger partial charge in [-0.05, 0) is 37.8 Å². The fraction of sp³-hybridized carbons (Fsp3) is 0.550. The van der Waals surface area contributed by atoms with Crippen LogP contribution in [0.25, 0.3) is 11.0 Å². The first-order valence-corrected chi connectivity index (χ1v) is 9.53. The molecule has 6 heteroatoms. The predicted octanol–water partition coefficient (Wildman–Crippen LogP) is 2.93. The second-order valence-electron chi connectivity index (χ2n) is 7.28. The standard InChI is InChI=1S/C20H28N4O2/c1-14(22-15(2)25)20-23-17-10-6-7-11-18(17)24(20)13-19(26)21-12-16-8-4-3-5-9-16/h6-7,10-11,14,16H,3-5,8-9,12-13H2,1-2H3,(H,21,26)(H,22,25). The van der Waals surface area contributed by atoms with E-state index in [2.05, 4.69) is 15.6 Å². The van der Waals surface area contributed by atoms with Crippen molar-refractivity contribution in [3.63, 3.8) is 0 Å². The molecular weight excluding hydrogens is 328 g/mol. The molecule has 2 amide bonds. The number of nitrogens with one attached hydrogen (secondary N) is 2. The summed E-state index contributed by atoms with van der Waals surface area (Å²) in [5.41, 5.74) is 1.74. The Bertz CT molecular complexity index is 777. The van der Waals surface area contributed by atoms with Crippen molar-refractivity contribution in [3.05, 3.63) is 30.1 Å². The number of para-hydroxylation sites is 2. The average Bonchev–Trinajstić information content (AvgIpc) is 2.99. The van der Waals surface area contributed by atoms with Gasteiger partial charge in [-0.1, -0.05) is 31.4 Å². The summed E-state index contributed by atoms with van der Waals surface area (Å²) >= 11 is 0. The zero-order valence-electron chi connectivity index (χ0n) is 15.6. The lowest BCUT2D eigenvalue weighted by Crippen LogP contribution is -2.34. The predicted molar refractivity (Wildman–Crippen MR) is 102 cm³/mol. The van der Waals surface area contributed by atoms with Gasteiger partial charge in [0.1, 0.15) is 12.4 Å². The van der Waals surface area contributed by atoms with Gasteiger partial charge in [0.2, 0.25) is 11.8 Å². The molecule has 1 aliphatic carbocycles. The maximum absolute atomic E-state index is 12.5. The number of amides is 2. The number of rotatable bonds is 6. The Kier molecular flexibility index (Phi) is 5.91. The van der Waals surface area contributed by atoms with Crippen molar-refractivity contribution < 1.29 is 9.59 Å². The summed E-state index contributed by atoms with van der Waals surface area (Å²) in [6.45, 7) is 4.34. The molecule has 1 unspecified atom stereocenters. The minimum Gasteiger partial charge on any atom is -0.354 e. The van der Waals surface area contributed by atoms with Gasteiger partial charge in [0, 0.05) is 13.5 Å². The zero-order chi connectivity index (χ0) is 18.5. The van der Waals surface area contributed by atoms with Crippen molar-refractivity contribution in [2.75, 3.05) is 6.54 Å². The third kappa shape index (κ3) is 4.42. The molecule has 2 N–H and O–H groups in total. The van der Waals surface area contributed by atoms with Crippen molar-refractivity contribution in [1.29, 1.82) is 0 Å². The third-order valence-corrected chi connectivity index (χ3v) is 5.11. The smallest absolute Gasteiger partial charge is 0.240 e. The Labute approximate surface area is 154 Å². The van der Waals surface area contributed by atoms with Crippen LogP contribution in [-0.4, -0.2) is 27.9 Å². The fourth-order valence-corrected chi connectivity index (χ4v) is 3.81. The van der Waals surface area contributed by atoms with Crippen LogP contribution >= 0.6 is 0 Å². The molecule has 1 aliphatic rings. The molecule has 0 spiro atoms. The lowest BCUT2D eigenvalue weighted by atomic mass is 9.89. The molecule has 26 heavy (non-hydrogen) atoms. The van der Waals surface area contributed by atoms with Gasteiger partial charge in [-0.2, -0.15) is 0 Å². The summed E-state index contributed by atoms with van der Waals surface area (Å²) in [6.07, 6.45) is 6.27.